The lowest BCUT2D eigenvalue weighted by atomic mass is 10.1. The van der Waals surface area contributed by atoms with Crippen molar-refractivity contribution < 1.29 is 9.45 Å². The zero-order chi connectivity index (χ0) is 11.5. The molecule has 0 saturated heterocycles. The van der Waals surface area contributed by atoms with Gasteiger partial charge in [-0.25, -0.2) is 0 Å². The third kappa shape index (κ3) is 2.46. The summed E-state index contributed by atoms with van der Waals surface area (Å²) in [5.41, 5.74) is 1.82. The summed E-state index contributed by atoms with van der Waals surface area (Å²) in [5.74, 6) is 0. The minimum absolute atomic E-state index is 0.0880. The number of nitro benzene ring substituents is 1. The zero-order valence-electron chi connectivity index (χ0n) is 8.09. The van der Waals surface area contributed by atoms with Gasteiger partial charge in [-0.05, 0) is 21.5 Å². The number of rotatable bonds is 3. The van der Waals surface area contributed by atoms with Gasteiger partial charge in [0.25, 0.3) is 5.69 Å². The van der Waals surface area contributed by atoms with Gasteiger partial charge in [-0.3, -0.25) is 10.1 Å². The normalized spacial score (nSPS) is 10.3. The summed E-state index contributed by atoms with van der Waals surface area (Å²) in [4.78, 5) is 10.0. The molecule has 6 heteroatoms. The van der Waals surface area contributed by atoms with Crippen LogP contribution >= 0.6 is 15.9 Å². The van der Waals surface area contributed by atoms with Crippen LogP contribution < -0.4 is 0 Å². The van der Waals surface area contributed by atoms with Crippen LogP contribution in [0.3, 0.4) is 0 Å². The molecule has 0 radical (unpaired) electrons. The molecule has 0 atom stereocenters. The van der Waals surface area contributed by atoms with E-state index >= 15 is 0 Å². The van der Waals surface area contributed by atoms with Gasteiger partial charge >= 0.3 is 0 Å². The van der Waals surface area contributed by atoms with Gasteiger partial charge < -0.3 is 4.52 Å². The molecule has 0 aliphatic heterocycles. The number of halogens is 1. The summed E-state index contributed by atoms with van der Waals surface area (Å²) in [5, 5.41) is 14.3. The molecule has 0 N–H and O–H groups in total. The number of nitrogens with zero attached hydrogens (tertiary/aromatic N) is 2. The first-order valence-corrected chi connectivity index (χ1v) is 5.29. The Kier molecular flexibility index (Phi) is 3.00. The van der Waals surface area contributed by atoms with Crippen LogP contribution in [0.15, 0.2) is 39.5 Å². The first-order chi connectivity index (χ1) is 7.65. The topological polar surface area (TPSA) is 69.2 Å². The fourth-order valence-electron chi connectivity index (χ4n) is 1.31. The lowest BCUT2D eigenvalue weighted by Crippen LogP contribution is -1.90. The maximum absolute atomic E-state index is 10.4. The van der Waals surface area contributed by atoms with E-state index < -0.39 is 4.92 Å². The molecule has 0 amide bonds. The maximum Gasteiger partial charge on any atom is 0.269 e. The highest BCUT2D eigenvalue weighted by Crippen LogP contribution is 2.17. The summed E-state index contributed by atoms with van der Waals surface area (Å²) < 4.78 is 5.43. The van der Waals surface area contributed by atoms with Crippen molar-refractivity contribution in [3.05, 3.63) is 56.4 Å². The predicted octanol–water partition coefficient (Wildman–Crippen LogP) is 2.94. The Morgan fingerprint density at radius 1 is 1.38 bits per heavy atom. The van der Waals surface area contributed by atoms with E-state index in [2.05, 4.69) is 21.1 Å². The van der Waals surface area contributed by atoms with E-state index in [4.69, 9.17) is 4.52 Å². The Morgan fingerprint density at radius 2 is 2.06 bits per heavy atom. The molecule has 82 valence electrons. The highest BCUT2D eigenvalue weighted by molar-refractivity contribution is 9.10. The standard InChI is InChI=1S/C10H7BrN2O3/c11-10-6-8(12-16-10)5-7-1-3-9(4-2-7)13(14)15/h1-4,6H,5H2. The van der Waals surface area contributed by atoms with E-state index in [1.165, 1.54) is 12.1 Å². The van der Waals surface area contributed by atoms with Crippen molar-refractivity contribution >= 4 is 21.6 Å². The van der Waals surface area contributed by atoms with E-state index in [1.807, 2.05) is 0 Å². The molecule has 0 bridgehead atoms. The maximum atomic E-state index is 10.4. The van der Waals surface area contributed by atoms with E-state index in [0.717, 1.165) is 11.3 Å². The van der Waals surface area contributed by atoms with Crippen LogP contribution in [0, 0.1) is 10.1 Å². The molecule has 1 aromatic heterocycles. The SMILES string of the molecule is O=[N+]([O-])c1ccc(Cc2cc(Br)on2)cc1. The predicted molar refractivity (Wildman–Crippen MR) is 60.1 cm³/mol. The molecule has 5 nitrogen and oxygen atoms in total. The molecule has 0 saturated carbocycles. The second kappa shape index (κ2) is 4.44. The van der Waals surface area contributed by atoms with Crippen LogP contribution in [0.2, 0.25) is 0 Å². The minimum atomic E-state index is -0.420. The molecule has 2 rings (SSSR count). The summed E-state index contributed by atoms with van der Waals surface area (Å²) in [7, 11) is 0. The molecule has 0 fully saturated rings. The number of aromatic nitrogens is 1. The molecule has 2 aromatic rings. The van der Waals surface area contributed by atoms with Crippen molar-refractivity contribution in [2.45, 2.75) is 6.42 Å². The van der Waals surface area contributed by atoms with Gasteiger partial charge in [0.2, 0.25) is 4.67 Å². The van der Waals surface area contributed by atoms with Crippen LogP contribution in [0.25, 0.3) is 0 Å². The molecule has 0 aliphatic rings. The molecule has 16 heavy (non-hydrogen) atoms. The Bertz CT molecular complexity index is 507. The van der Waals surface area contributed by atoms with E-state index in [0.29, 0.717) is 11.1 Å². The highest BCUT2D eigenvalue weighted by Gasteiger charge is 2.06. The second-order valence-electron chi connectivity index (χ2n) is 3.22. The third-order valence-corrected chi connectivity index (χ3v) is 2.44. The Labute approximate surface area is 99.3 Å². The number of non-ortho nitro benzene ring substituents is 1. The molecular formula is C10H7BrN2O3. The lowest BCUT2D eigenvalue weighted by molar-refractivity contribution is -0.384. The van der Waals surface area contributed by atoms with Crippen molar-refractivity contribution in [1.82, 2.24) is 5.16 Å². The van der Waals surface area contributed by atoms with Crippen molar-refractivity contribution in [1.29, 1.82) is 0 Å². The quantitative estimate of drug-likeness (QED) is 0.641. The number of hydrogen-bond acceptors (Lipinski definition) is 4. The largest absolute Gasteiger partial charge is 0.349 e. The minimum Gasteiger partial charge on any atom is -0.349 e. The molecule has 0 aliphatic carbocycles. The summed E-state index contributed by atoms with van der Waals surface area (Å²) >= 11 is 3.16. The van der Waals surface area contributed by atoms with Gasteiger partial charge in [0, 0.05) is 24.6 Å². The highest BCUT2D eigenvalue weighted by atomic mass is 79.9. The van der Waals surface area contributed by atoms with Gasteiger partial charge in [-0.15, -0.1) is 0 Å². The van der Waals surface area contributed by atoms with Crippen molar-refractivity contribution in [3.8, 4) is 0 Å². The fraction of sp³-hybridized carbons (Fsp3) is 0.100. The van der Waals surface area contributed by atoms with Crippen molar-refractivity contribution in [3.63, 3.8) is 0 Å². The van der Waals surface area contributed by atoms with Gasteiger partial charge in [0.15, 0.2) is 0 Å². The molecule has 0 unspecified atom stereocenters. The molecule has 1 aromatic carbocycles. The first kappa shape index (κ1) is 10.8. The monoisotopic (exact) mass is 282 g/mol. The van der Waals surface area contributed by atoms with Gasteiger partial charge in [-0.1, -0.05) is 17.3 Å². The average molecular weight is 283 g/mol. The second-order valence-corrected chi connectivity index (χ2v) is 4.00. The number of hydrogen-bond donors (Lipinski definition) is 0. The Hall–Kier alpha value is -1.69. The lowest BCUT2D eigenvalue weighted by Gasteiger charge is -1.96. The van der Waals surface area contributed by atoms with E-state index in [1.54, 1.807) is 18.2 Å². The Balaban J connectivity index is 2.14. The fourth-order valence-corrected chi connectivity index (χ4v) is 1.65. The number of nitro groups is 1. The van der Waals surface area contributed by atoms with Crippen molar-refractivity contribution in [2.24, 2.45) is 0 Å². The smallest absolute Gasteiger partial charge is 0.269 e. The molecule has 0 spiro atoms. The van der Waals surface area contributed by atoms with Gasteiger partial charge in [-0.2, -0.15) is 0 Å². The summed E-state index contributed by atoms with van der Waals surface area (Å²) in [6.45, 7) is 0. The Morgan fingerprint density at radius 3 is 2.56 bits per heavy atom. The van der Waals surface area contributed by atoms with Gasteiger partial charge in [0.05, 0.1) is 10.6 Å². The molecule has 1 heterocycles. The van der Waals surface area contributed by atoms with Crippen LogP contribution in [0.1, 0.15) is 11.3 Å². The van der Waals surface area contributed by atoms with E-state index in [-0.39, 0.29) is 5.69 Å². The van der Waals surface area contributed by atoms with Crippen LogP contribution in [-0.4, -0.2) is 10.1 Å². The van der Waals surface area contributed by atoms with Crippen molar-refractivity contribution in [2.75, 3.05) is 0 Å². The van der Waals surface area contributed by atoms with Gasteiger partial charge in [0.1, 0.15) is 0 Å². The van der Waals surface area contributed by atoms with Crippen LogP contribution in [-0.2, 0) is 6.42 Å². The average Bonchev–Trinajstić information content (AvgIpc) is 2.65. The first-order valence-electron chi connectivity index (χ1n) is 4.49. The van der Waals surface area contributed by atoms with Crippen LogP contribution in [0.5, 0.6) is 0 Å². The zero-order valence-corrected chi connectivity index (χ0v) is 9.68. The van der Waals surface area contributed by atoms with Crippen LogP contribution in [0.4, 0.5) is 5.69 Å². The molecular weight excluding hydrogens is 276 g/mol. The third-order valence-electron chi connectivity index (χ3n) is 2.06. The summed E-state index contributed by atoms with van der Waals surface area (Å²) in [6.07, 6.45) is 0.590. The van der Waals surface area contributed by atoms with E-state index in [9.17, 15) is 10.1 Å². The summed E-state index contributed by atoms with van der Waals surface area (Å²) in [6, 6.07) is 8.14. The number of benzene rings is 1.